The zero-order valence-corrected chi connectivity index (χ0v) is 22.4. The molecule has 3 rings (SSSR count). The number of nitrogens with one attached hydrogen (secondary N) is 2. The van der Waals surface area contributed by atoms with E-state index < -0.39 is 6.04 Å². The predicted octanol–water partition coefficient (Wildman–Crippen LogP) is 5.06. The van der Waals surface area contributed by atoms with Gasteiger partial charge in [-0.3, -0.25) is 14.7 Å². The molecular weight excluding hydrogens is 456 g/mol. The number of ether oxygens (including phenoxy) is 2. The van der Waals surface area contributed by atoms with Gasteiger partial charge in [0.05, 0.1) is 19.8 Å². The number of rotatable bonds is 12. The van der Waals surface area contributed by atoms with E-state index in [1.54, 1.807) is 25.2 Å². The van der Waals surface area contributed by atoms with Gasteiger partial charge in [-0.05, 0) is 49.3 Å². The largest absolute Gasteiger partial charge is 0.496 e. The van der Waals surface area contributed by atoms with Crippen LogP contribution in [0.2, 0.25) is 0 Å². The number of methoxy groups -OCH3 is 2. The normalized spacial score (nSPS) is 14.9. The summed E-state index contributed by atoms with van der Waals surface area (Å²) in [6.07, 6.45) is 7.21. The molecule has 0 saturated heterocycles. The van der Waals surface area contributed by atoms with Crippen LogP contribution in [-0.4, -0.2) is 60.3 Å². The van der Waals surface area contributed by atoms with Gasteiger partial charge in [-0.25, -0.2) is 0 Å². The lowest BCUT2D eigenvalue weighted by molar-refractivity contribution is -0.128. The van der Waals surface area contributed by atoms with Crippen molar-refractivity contribution in [3.63, 3.8) is 0 Å². The van der Waals surface area contributed by atoms with Crippen molar-refractivity contribution in [1.82, 2.24) is 20.4 Å². The maximum Gasteiger partial charge on any atom is 0.272 e. The zero-order chi connectivity index (χ0) is 26.1. The van der Waals surface area contributed by atoms with E-state index in [-0.39, 0.29) is 23.7 Å². The van der Waals surface area contributed by atoms with Gasteiger partial charge in [0.15, 0.2) is 0 Å². The number of amides is 2. The topological polar surface area (TPSA) is 96.6 Å². The Morgan fingerprint density at radius 1 is 1.14 bits per heavy atom. The molecule has 0 bridgehead atoms. The Morgan fingerprint density at radius 2 is 1.81 bits per heavy atom. The Morgan fingerprint density at radius 3 is 2.39 bits per heavy atom. The van der Waals surface area contributed by atoms with Gasteiger partial charge in [0, 0.05) is 13.1 Å². The van der Waals surface area contributed by atoms with E-state index >= 15 is 0 Å². The van der Waals surface area contributed by atoms with E-state index in [4.69, 9.17) is 9.47 Å². The van der Waals surface area contributed by atoms with Crippen molar-refractivity contribution in [2.45, 2.75) is 71.8 Å². The second kappa shape index (κ2) is 13.3. The third-order valence-corrected chi connectivity index (χ3v) is 6.85. The smallest absolute Gasteiger partial charge is 0.272 e. The van der Waals surface area contributed by atoms with E-state index in [0.717, 1.165) is 38.5 Å². The lowest BCUT2D eigenvalue weighted by Gasteiger charge is -2.38. The quantitative estimate of drug-likeness (QED) is 0.399. The molecule has 0 spiro atoms. The van der Waals surface area contributed by atoms with E-state index in [9.17, 15) is 9.59 Å². The molecule has 2 N–H and O–H groups in total. The van der Waals surface area contributed by atoms with Gasteiger partial charge in [-0.15, -0.1) is 0 Å². The molecular formula is C28H42N4O4. The molecule has 1 aliphatic rings. The van der Waals surface area contributed by atoms with Gasteiger partial charge in [-0.1, -0.05) is 52.5 Å². The summed E-state index contributed by atoms with van der Waals surface area (Å²) in [4.78, 5) is 29.2. The molecule has 2 aromatic rings. The number of H-pyrrole nitrogens is 1. The molecule has 8 nitrogen and oxygen atoms in total. The van der Waals surface area contributed by atoms with Crippen molar-refractivity contribution >= 4 is 11.8 Å². The second-order valence-electron chi connectivity index (χ2n) is 10.0. The highest BCUT2D eigenvalue weighted by Crippen LogP contribution is 2.37. The monoisotopic (exact) mass is 498 g/mol. The molecule has 1 heterocycles. The van der Waals surface area contributed by atoms with Gasteiger partial charge < -0.3 is 19.7 Å². The first-order valence-corrected chi connectivity index (χ1v) is 13.3. The average molecular weight is 499 g/mol. The first-order chi connectivity index (χ1) is 17.4. The molecule has 198 valence electrons. The highest BCUT2D eigenvalue weighted by atomic mass is 16.5. The standard InChI is InChI=1S/C28H42N4O4/c1-6-7-16-29-27(33)26(20-12-9-8-10-13-20)32(18-19(2)3)28(34)22-17-21(30-31-22)25-23(35-4)14-11-15-24(25)36-5/h11,14-15,17,19-20,26H,6-10,12-13,16,18H2,1-5H3,(H,29,33)(H,30,31)/t26-/m0/s1. The number of aromatic nitrogens is 2. The van der Waals surface area contributed by atoms with Gasteiger partial charge in [0.2, 0.25) is 5.91 Å². The molecule has 1 fully saturated rings. The van der Waals surface area contributed by atoms with Crippen molar-refractivity contribution in [1.29, 1.82) is 0 Å². The number of hydrogen-bond acceptors (Lipinski definition) is 5. The number of aromatic amines is 1. The summed E-state index contributed by atoms with van der Waals surface area (Å²) in [5.41, 5.74) is 1.58. The summed E-state index contributed by atoms with van der Waals surface area (Å²) in [6, 6.07) is 6.74. The fourth-order valence-electron chi connectivity index (χ4n) is 5.09. The zero-order valence-electron chi connectivity index (χ0n) is 22.4. The molecule has 1 aromatic carbocycles. The molecule has 8 heteroatoms. The summed E-state index contributed by atoms with van der Waals surface area (Å²) >= 11 is 0. The van der Waals surface area contributed by atoms with E-state index in [0.29, 0.717) is 41.5 Å². The number of carbonyl (C=O) groups excluding carboxylic acids is 2. The highest BCUT2D eigenvalue weighted by molar-refractivity contribution is 5.97. The molecule has 1 aliphatic carbocycles. The van der Waals surface area contributed by atoms with E-state index in [1.165, 1.54) is 6.42 Å². The van der Waals surface area contributed by atoms with E-state index in [2.05, 4.69) is 36.3 Å². The molecule has 2 amide bonds. The Labute approximate surface area is 215 Å². The Bertz CT molecular complexity index is 975. The first kappa shape index (κ1) is 27.6. The lowest BCUT2D eigenvalue weighted by atomic mass is 9.82. The Kier molecular flexibility index (Phi) is 10.2. The van der Waals surface area contributed by atoms with Crippen LogP contribution in [0.5, 0.6) is 11.5 Å². The van der Waals surface area contributed by atoms with E-state index in [1.807, 2.05) is 18.2 Å². The van der Waals surface area contributed by atoms with Crippen molar-refractivity contribution < 1.29 is 19.1 Å². The van der Waals surface area contributed by atoms with Crippen molar-refractivity contribution in [3.8, 4) is 22.8 Å². The van der Waals surface area contributed by atoms with Crippen molar-refractivity contribution in [3.05, 3.63) is 30.0 Å². The van der Waals surface area contributed by atoms with Crippen LogP contribution >= 0.6 is 0 Å². The molecule has 1 saturated carbocycles. The van der Waals surface area contributed by atoms with Crippen molar-refractivity contribution in [2.75, 3.05) is 27.3 Å². The van der Waals surface area contributed by atoms with Crippen LogP contribution in [0.25, 0.3) is 11.3 Å². The fourth-order valence-corrected chi connectivity index (χ4v) is 5.09. The molecule has 0 unspecified atom stereocenters. The maximum atomic E-state index is 14.0. The highest BCUT2D eigenvalue weighted by Gasteiger charge is 2.38. The van der Waals surface area contributed by atoms with Crippen molar-refractivity contribution in [2.24, 2.45) is 11.8 Å². The summed E-state index contributed by atoms with van der Waals surface area (Å²) in [6.45, 7) is 7.38. The Balaban J connectivity index is 1.96. The van der Waals surface area contributed by atoms with Gasteiger partial charge in [-0.2, -0.15) is 5.10 Å². The fraction of sp³-hybridized carbons (Fsp3) is 0.607. The average Bonchev–Trinajstić information content (AvgIpc) is 3.37. The van der Waals surface area contributed by atoms with Crippen LogP contribution in [0.15, 0.2) is 24.3 Å². The molecule has 1 aromatic heterocycles. The number of nitrogens with zero attached hydrogens (tertiary/aromatic N) is 2. The summed E-state index contributed by atoms with van der Waals surface area (Å²) in [5.74, 6) is 1.32. The molecule has 0 aliphatic heterocycles. The van der Waals surface area contributed by atoms with Gasteiger partial charge >= 0.3 is 0 Å². The third-order valence-electron chi connectivity index (χ3n) is 6.85. The minimum atomic E-state index is -0.496. The minimum Gasteiger partial charge on any atom is -0.496 e. The number of carbonyl (C=O) groups is 2. The molecule has 0 radical (unpaired) electrons. The molecule has 1 atom stereocenters. The summed E-state index contributed by atoms with van der Waals surface area (Å²) in [5, 5.41) is 10.5. The van der Waals surface area contributed by atoms with Crippen LogP contribution in [0.1, 0.15) is 76.2 Å². The predicted molar refractivity (Wildman–Crippen MR) is 141 cm³/mol. The first-order valence-electron chi connectivity index (χ1n) is 13.3. The van der Waals surface area contributed by atoms with Gasteiger partial charge in [0.25, 0.3) is 5.91 Å². The van der Waals surface area contributed by atoms with Crippen LogP contribution < -0.4 is 14.8 Å². The SMILES string of the molecule is CCCCNC(=O)[C@H](C1CCCCC1)N(CC(C)C)C(=O)c1cc(-c2c(OC)cccc2OC)n[nH]1. The van der Waals surface area contributed by atoms with Gasteiger partial charge in [0.1, 0.15) is 28.9 Å². The number of benzene rings is 1. The Hall–Kier alpha value is -3.03. The third kappa shape index (κ3) is 6.59. The maximum absolute atomic E-state index is 14.0. The summed E-state index contributed by atoms with van der Waals surface area (Å²) in [7, 11) is 3.18. The van der Waals surface area contributed by atoms with Crippen LogP contribution in [0.3, 0.4) is 0 Å². The summed E-state index contributed by atoms with van der Waals surface area (Å²) < 4.78 is 11.1. The molecule has 36 heavy (non-hydrogen) atoms. The number of unbranched alkanes of at least 4 members (excludes halogenated alkanes) is 1. The minimum absolute atomic E-state index is 0.0458. The van der Waals surface area contributed by atoms with Crippen LogP contribution in [0.4, 0.5) is 0 Å². The van der Waals surface area contributed by atoms with Crippen LogP contribution in [0, 0.1) is 11.8 Å². The number of hydrogen-bond donors (Lipinski definition) is 2. The second-order valence-corrected chi connectivity index (χ2v) is 10.0. The van der Waals surface area contributed by atoms with Crippen LogP contribution in [-0.2, 0) is 4.79 Å². The lowest BCUT2D eigenvalue weighted by Crippen LogP contribution is -2.55.